The molecule has 0 bridgehead atoms. The first-order valence-electron chi connectivity index (χ1n) is 31.8. The van der Waals surface area contributed by atoms with Crippen LogP contribution in [0.5, 0.6) is 0 Å². The van der Waals surface area contributed by atoms with Crippen LogP contribution < -0.4 is 0 Å². The summed E-state index contributed by atoms with van der Waals surface area (Å²) in [5, 5.41) is 0. The van der Waals surface area contributed by atoms with Crippen LogP contribution in [0.3, 0.4) is 0 Å². The Morgan fingerprint density at radius 1 is 0.175 bits per heavy atom. The zero-order valence-electron chi connectivity index (χ0n) is 50.3. The van der Waals surface area contributed by atoms with Gasteiger partial charge in [-0.1, -0.05) is 256 Å². The zero-order valence-corrected chi connectivity index (χ0v) is 50.3. The fourth-order valence-corrected chi connectivity index (χ4v) is 7.94. The predicted molar refractivity (Wildman–Crippen MR) is 363 cm³/mol. The van der Waals surface area contributed by atoms with Gasteiger partial charge in [-0.3, -0.25) is 0 Å². The van der Waals surface area contributed by atoms with Crippen molar-refractivity contribution in [3.05, 3.63) is 249 Å². The lowest BCUT2D eigenvalue weighted by atomic mass is 10.1. The predicted octanol–water partition coefficient (Wildman–Crippen LogP) is 24.9. The fourth-order valence-electron chi connectivity index (χ4n) is 7.94. The molecule has 0 heteroatoms. The molecule has 0 aliphatic heterocycles. The summed E-state index contributed by atoms with van der Waals surface area (Å²) >= 11 is 0. The van der Waals surface area contributed by atoms with Gasteiger partial charge in [0.2, 0.25) is 0 Å². The van der Waals surface area contributed by atoms with Gasteiger partial charge in [0.25, 0.3) is 0 Å². The molecule has 0 atom stereocenters. The van der Waals surface area contributed by atoms with Gasteiger partial charge in [0.05, 0.1) is 0 Å². The molecule has 10 rings (SSSR count). The summed E-state index contributed by atoms with van der Waals surface area (Å²) in [6.07, 6.45) is 130. The minimum atomic E-state index is 1.05. The average Bonchev–Trinajstić information content (AvgIpc) is 3.34. The van der Waals surface area contributed by atoms with E-state index in [-0.39, 0.29) is 0 Å². The van der Waals surface area contributed by atoms with Gasteiger partial charge < -0.3 is 0 Å². The van der Waals surface area contributed by atoms with Crippen LogP contribution in [0.4, 0.5) is 0 Å². The maximum Gasteiger partial charge on any atom is 0.0123 e. The van der Waals surface area contributed by atoms with Crippen LogP contribution in [0.2, 0.25) is 0 Å². The van der Waals surface area contributed by atoms with E-state index in [2.05, 4.69) is 218 Å². The molecular formula is C80H110. The Morgan fingerprint density at radius 3 is 0.988 bits per heavy atom. The lowest BCUT2D eigenvalue weighted by Gasteiger charge is -2.00. The summed E-state index contributed by atoms with van der Waals surface area (Å²) in [6, 6.07) is 0. The molecule has 0 N–H and O–H groups in total. The van der Waals surface area contributed by atoms with Crippen molar-refractivity contribution in [3.63, 3.8) is 0 Å². The van der Waals surface area contributed by atoms with Crippen molar-refractivity contribution in [1.82, 2.24) is 0 Å². The molecule has 10 aliphatic rings. The number of rotatable bonds is 0. The molecule has 0 spiro atoms. The zero-order chi connectivity index (χ0) is 56.6. The van der Waals surface area contributed by atoms with Gasteiger partial charge in [0.15, 0.2) is 0 Å². The summed E-state index contributed by atoms with van der Waals surface area (Å²) in [7, 11) is 0. The second-order valence-electron chi connectivity index (χ2n) is 20.1. The first-order chi connectivity index (χ1) is 40.0. The molecule has 430 valence electrons. The molecule has 0 radical (unpaired) electrons. The van der Waals surface area contributed by atoms with Gasteiger partial charge >= 0.3 is 0 Å². The highest BCUT2D eigenvalue weighted by atomic mass is 14.0. The molecule has 0 unspecified atom stereocenters. The molecule has 0 nitrogen and oxygen atoms in total. The van der Waals surface area contributed by atoms with Crippen molar-refractivity contribution in [1.29, 1.82) is 0 Å². The largest absolute Gasteiger partial charge is 0.130 e. The first-order valence-corrected chi connectivity index (χ1v) is 31.8. The van der Waals surface area contributed by atoms with Crippen LogP contribution in [-0.4, -0.2) is 0 Å². The second kappa shape index (κ2) is 68.8. The highest BCUT2D eigenvalue weighted by Crippen LogP contribution is 2.11. The highest BCUT2D eigenvalue weighted by Gasteiger charge is 1.91. The molecule has 0 aromatic carbocycles. The minimum Gasteiger partial charge on any atom is -0.130 e. The van der Waals surface area contributed by atoms with E-state index in [1.54, 1.807) is 0 Å². The van der Waals surface area contributed by atoms with Crippen LogP contribution in [0.25, 0.3) is 0 Å². The summed E-state index contributed by atoms with van der Waals surface area (Å²) < 4.78 is 0. The quantitative estimate of drug-likeness (QED) is 0.129. The van der Waals surface area contributed by atoms with Gasteiger partial charge in [-0.15, -0.1) is 17.6 Å². The van der Waals surface area contributed by atoms with Crippen LogP contribution in [0, 0.1) is 23.7 Å². The Morgan fingerprint density at radius 2 is 0.475 bits per heavy atom. The Hall–Kier alpha value is -6.30. The summed E-state index contributed by atoms with van der Waals surface area (Å²) in [6.45, 7) is 0. The van der Waals surface area contributed by atoms with Crippen molar-refractivity contribution in [2.75, 3.05) is 0 Å². The molecule has 0 heterocycles. The van der Waals surface area contributed by atoms with Crippen LogP contribution in [0.1, 0.15) is 225 Å². The molecule has 0 fully saturated rings. The summed E-state index contributed by atoms with van der Waals surface area (Å²) in [5.41, 5.74) is 3.14. The maximum absolute atomic E-state index is 3.14. The molecule has 0 amide bonds. The van der Waals surface area contributed by atoms with E-state index in [0.29, 0.717) is 0 Å². The van der Waals surface area contributed by atoms with Crippen molar-refractivity contribution in [2.45, 2.75) is 225 Å². The van der Waals surface area contributed by atoms with E-state index in [9.17, 15) is 0 Å². The second-order valence-corrected chi connectivity index (χ2v) is 20.1. The Bertz CT molecular complexity index is 2010. The fraction of sp³-hybridized carbons (Fsp3) is 0.438. The smallest absolute Gasteiger partial charge is 0.0123 e. The summed E-state index contributed by atoms with van der Waals surface area (Å²) in [5.74, 6) is 12.2. The minimum absolute atomic E-state index is 1.05. The lowest BCUT2D eigenvalue weighted by molar-refractivity contribution is 0.638. The SMILES string of the molecule is C1#CCC/C=C\CC1.C1#CCCCCC=C1.C1=C/C=C\C=C/C=C1.C1=C/C=C\CCC=C1.C1=CC/C=C\CC=C1.C1=CCC/C=C\CC1.C1=CCCC/C=C\C1.C1=CCCCCC=C1.C1=CCCCCCC1.C1=CCCCCCC=1. The molecule has 10 aliphatic carbocycles. The van der Waals surface area contributed by atoms with Crippen molar-refractivity contribution in [3.8, 4) is 23.7 Å². The van der Waals surface area contributed by atoms with Gasteiger partial charge in [-0.05, 0) is 204 Å². The third kappa shape index (κ3) is 66.0. The van der Waals surface area contributed by atoms with E-state index in [1.165, 1.54) is 173 Å². The van der Waals surface area contributed by atoms with Gasteiger partial charge in [0, 0.05) is 19.3 Å². The van der Waals surface area contributed by atoms with Crippen molar-refractivity contribution in [2.24, 2.45) is 0 Å². The van der Waals surface area contributed by atoms with Crippen LogP contribution >= 0.6 is 0 Å². The van der Waals surface area contributed by atoms with Gasteiger partial charge in [-0.2, -0.15) is 0 Å². The number of allylic oxidation sites excluding steroid dienone is 39. The Kier molecular flexibility index (Phi) is 61.7. The van der Waals surface area contributed by atoms with E-state index < -0.39 is 0 Å². The van der Waals surface area contributed by atoms with Crippen molar-refractivity contribution < 1.29 is 0 Å². The van der Waals surface area contributed by atoms with Gasteiger partial charge in [-0.25, -0.2) is 0 Å². The monoisotopic (exact) mass is 1070 g/mol. The lowest BCUT2D eigenvalue weighted by Crippen LogP contribution is -1.80. The third-order valence-electron chi connectivity index (χ3n) is 12.6. The molecule has 80 heavy (non-hydrogen) atoms. The molecule has 0 aromatic heterocycles. The van der Waals surface area contributed by atoms with Gasteiger partial charge in [0.1, 0.15) is 0 Å². The normalized spacial score (nSPS) is 21.8. The van der Waals surface area contributed by atoms with Crippen molar-refractivity contribution >= 4 is 0 Å². The first kappa shape index (κ1) is 71.7. The Balaban J connectivity index is 0.000000444. The summed E-state index contributed by atoms with van der Waals surface area (Å²) in [4.78, 5) is 0. The van der Waals surface area contributed by atoms with E-state index in [4.69, 9.17) is 0 Å². The topological polar surface area (TPSA) is 0 Å². The molecule has 0 saturated carbocycles. The van der Waals surface area contributed by atoms with E-state index in [0.717, 1.165) is 51.4 Å². The number of hydrogen-bond donors (Lipinski definition) is 0. The molecule has 0 aromatic rings. The van der Waals surface area contributed by atoms with E-state index in [1.807, 2.05) is 54.7 Å². The average molecular weight is 1070 g/mol. The van der Waals surface area contributed by atoms with Crippen LogP contribution in [-0.2, 0) is 0 Å². The van der Waals surface area contributed by atoms with E-state index >= 15 is 0 Å². The highest BCUT2D eigenvalue weighted by molar-refractivity contribution is 5.23. The Labute approximate surface area is 494 Å². The molecule has 0 saturated heterocycles. The molecular weight excluding hydrogens is 961 g/mol. The van der Waals surface area contributed by atoms with Crippen LogP contribution in [0.15, 0.2) is 249 Å². The number of hydrogen-bond acceptors (Lipinski definition) is 0. The standard InChI is InChI=1S/C8H14.4C8H12.4C8H10.C8H8/c10*1-2-4-6-8-7-5-3-1/h1-2H,3-8H2;1,5H,2,4,6-8H2;1-2,7-8H,3-6H2;1-2,5,7H,3-4,6,8H2;1-4H,5-8H2;1-2H,3,5,7-8H2;1-2H,3-6H2;1-4,7-8H,5-6H2;1-6H,7-8H2;1-8H/b;;2-1-,8-7?;2-1-,7-5?;;;2-1-;3-1?,4-2?,8-7-;2-1?,5-3-,6-4?;2-1-,3-1?,4-2?,5-3-,6-4?,7-5?,8-6?,8-7?. The maximum atomic E-state index is 3.14. The third-order valence-corrected chi connectivity index (χ3v) is 12.6.